The molecule has 1 rings (SSSR count). The van der Waals surface area contributed by atoms with Gasteiger partial charge in [-0.15, -0.1) is 11.3 Å². The SMILES string of the molecule is CCC(CC)N(CCOC)Cc1sccc1C=CC(=O)O. The normalized spacial score (nSPS) is 11.9. The molecule has 0 aliphatic carbocycles. The van der Waals surface area contributed by atoms with Crippen LogP contribution in [0.25, 0.3) is 6.08 Å². The molecule has 1 heterocycles. The second-order valence-electron chi connectivity index (χ2n) is 4.90. The van der Waals surface area contributed by atoms with E-state index in [0.717, 1.165) is 31.5 Å². The van der Waals surface area contributed by atoms with Gasteiger partial charge in [-0.05, 0) is 35.9 Å². The van der Waals surface area contributed by atoms with Gasteiger partial charge in [0.1, 0.15) is 0 Å². The van der Waals surface area contributed by atoms with Crippen LogP contribution in [0.3, 0.4) is 0 Å². The first-order chi connectivity index (χ1) is 10.1. The van der Waals surface area contributed by atoms with Gasteiger partial charge in [-0.1, -0.05) is 13.8 Å². The van der Waals surface area contributed by atoms with E-state index in [1.165, 1.54) is 11.0 Å². The largest absolute Gasteiger partial charge is 0.478 e. The zero-order valence-corrected chi connectivity index (χ0v) is 13.9. The Labute approximate surface area is 131 Å². The Morgan fingerprint density at radius 3 is 2.76 bits per heavy atom. The lowest BCUT2D eigenvalue weighted by Crippen LogP contribution is -2.36. The predicted octanol–water partition coefficient (Wildman–Crippen LogP) is 3.48. The van der Waals surface area contributed by atoms with E-state index >= 15 is 0 Å². The Morgan fingerprint density at radius 2 is 2.19 bits per heavy atom. The highest BCUT2D eigenvalue weighted by molar-refractivity contribution is 7.10. The molecule has 1 aromatic heterocycles. The average molecular weight is 311 g/mol. The molecule has 0 atom stereocenters. The lowest BCUT2D eigenvalue weighted by molar-refractivity contribution is -0.131. The quantitative estimate of drug-likeness (QED) is 0.672. The Morgan fingerprint density at radius 1 is 1.48 bits per heavy atom. The third-order valence-corrected chi connectivity index (χ3v) is 4.50. The third kappa shape index (κ3) is 5.99. The van der Waals surface area contributed by atoms with Crippen LogP contribution in [0.15, 0.2) is 17.5 Å². The van der Waals surface area contributed by atoms with Gasteiger partial charge in [-0.25, -0.2) is 4.79 Å². The summed E-state index contributed by atoms with van der Waals surface area (Å²) in [6, 6.07) is 2.50. The molecule has 118 valence electrons. The molecule has 0 aliphatic rings. The topological polar surface area (TPSA) is 49.8 Å². The number of hydrogen-bond acceptors (Lipinski definition) is 4. The molecule has 0 amide bonds. The van der Waals surface area contributed by atoms with E-state index in [2.05, 4.69) is 18.7 Å². The number of nitrogens with zero attached hydrogens (tertiary/aromatic N) is 1. The van der Waals surface area contributed by atoms with Crippen molar-refractivity contribution in [2.24, 2.45) is 0 Å². The number of hydrogen-bond donors (Lipinski definition) is 1. The van der Waals surface area contributed by atoms with Crippen LogP contribution in [0, 0.1) is 0 Å². The van der Waals surface area contributed by atoms with E-state index in [9.17, 15) is 4.79 Å². The van der Waals surface area contributed by atoms with E-state index in [0.29, 0.717) is 12.6 Å². The minimum absolute atomic E-state index is 0.526. The highest BCUT2D eigenvalue weighted by Gasteiger charge is 2.17. The molecular formula is C16H25NO3S. The molecule has 4 nitrogen and oxygen atoms in total. The van der Waals surface area contributed by atoms with Crippen molar-refractivity contribution in [3.63, 3.8) is 0 Å². The summed E-state index contributed by atoms with van der Waals surface area (Å²) in [5, 5.41) is 10.8. The molecule has 0 bridgehead atoms. The van der Waals surface area contributed by atoms with Crippen LogP contribution >= 0.6 is 11.3 Å². The first-order valence-electron chi connectivity index (χ1n) is 7.32. The second-order valence-corrected chi connectivity index (χ2v) is 5.90. The van der Waals surface area contributed by atoms with Crippen molar-refractivity contribution >= 4 is 23.4 Å². The van der Waals surface area contributed by atoms with Crippen LogP contribution in [-0.4, -0.2) is 42.3 Å². The summed E-state index contributed by atoms with van der Waals surface area (Å²) in [4.78, 5) is 14.3. The van der Waals surface area contributed by atoms with Gasteiger partial charge in [0.25, 0.3) is 0 Å². The summed E-state index contributed by atoms with van der Waals surface area (Å²) in [5.74, 6) is -0.914. The highest BCUT2D eigenvalue weighted by Crippen LogP contribution is 2.22. The minimum atomic E-state index is -0.914. The molecule has 0 spiro atoms. The molecule has 0 fully saturated rings. The molecule has 5 heteroatoms. The molecule has 0 saturated carbocycles. The average Bonchev–Trinajstić information content (AvgIpc) is 2.90. The monoisotopic (exact) mass is 311 g/mol. The Hall–Kier alpha value is -1.17. The smallest absolute Gasteiger partial charge is 0.328 e. The first-order valence-corrected chi connectivity index (χ1v) is 8.20. The lowest BCUT2D eigenvalue weighted by atomic mass is 10.1. The van der Waals surface area contributed by atoms with Crippen molar-refractivity contribution < 1.29 is 14.6 Å². The minimum Gasteiger partial charge on any atom is -0.478 e. The summed E-state index contributed by atoms with van der Waals surface area (Å²) in [6.45, 7) is 6.85. The van der Waals surface area contributed by atoms with Crippen LogP contribution in [-0.2, 0) is 16.1 Å². The number of methoxy groups -OCH3 is 1. The fourth-order valence-electron chi connectivity index (χ4n) is 2.38. The molecule has 0 radical (unpaired) electrons. The maximum absolute atomic E-state index is 10.7. The van der Waals surface area contributed by atoms with Crippen molar-refractivity contribution in [1.29, 1.82) is 0 Å². The Balaban J connectivity index is 2.82. The molecular weight excluding hydrogens is 286 g/mol. The fraction of sp³-hybridized carbons (Fsp3) is 0.562. The van der Waals surface area contributed by atoms with E-state index < -0.39 is 5.97 Å². The highest BCUT2D eigenvalue weighted by atomic mass is 32.1. The van der Waals surface area contributed by atoms with Crippen LogP contribution in [0.4, 0.5) is 0 Å². The molecule has 0 saturated heterocycles. The summed E-state index contributed by atoms with van der Waals surface area (Å²) in [7, 11) is 1.72. The van der Waals surface area contributed by atoms with Crippen molar-refractivity contribution in [2.45, 2.75) is 39.3 Å². The van der Waals surface area contributed by atoms with Crippen molar-refractivity contribution in [3.8, 4) is 0 Å². The van der Waals surface area contributed by atoms with Gasteiger partial charge in [0, 0.05) is 37.2 Å². The molecule has 0 aliphatic heterocycles. The van der Waals surface area contributed by atoms with E-state index in [4.69, 9.17) is 9.84 Å². The van der Waals surface area contributed by atoms with Crippen LogP contribution in [0.2, 0.25) is 0 Å². The maximum atomic E-state index is 10.7. The van der Waals surface area contributed by atoms with Crippen LogP contribution in [0.1, 0.15) is 37.1 Å². The van der Waals surface area contributed by atoms with Gasteiger partial charge in [0.05, 0.1) is 6.61 Å². The molecule has 0 aromatic carbocycles. The Kier molecular flexibility index (Phi) is 8.27. The summed E-state index contributed by atoms with van der Waals surface area (Å²) >= 11 is 1.67. The van der Waals surface area contributed by atoms with Gasteiger partial charge < -0.3 is 9.84 Å². The van der Waals surface area contributed by atoms with Gasteiger partial charge in [-0.3, -0.25) is 4.90 Å². The van der Waals surface area contributed by atoms with Gasteiger partial charge in [0.15, 0.2) is 0 Å². The zero-order chi connectivity index (χ0) is 15.7. The zero-order valence-electron chi connectivity index (χ0n) is 13.0. The number of carboxylic acids is 1. The van der Waals surface area contributed by atoms with E-state index in [-0.39, 0.29) is 0 Å². The van der Waals surface area contributed by atoms with Crippen molar-refractivity contribution in [3.05, 3.63) is 28.0 Å². The number of carbonyl (C=O) groups is 1. The van der Waals surface area contributed by atoms with Gasteiger partial charge in [0.2, 0.25) is 0 Å². The molecule has 21 heavy (non-hydrogen) atoms. The van der Waals surface area contributed by atoms with Crippen molar-refractivity contribution in [1.82, 2.24) is 4.90 Å². The number of aliphatic carboxylic acids is 1. The number of rotatable bonds is 10. The molecule has 0 unspecified atom stereocenters. The molecule has 1 N–H and O–H groups in total. The third-order valence-electron chi connectivity index (χ3n) is 3.57. The van der Waals surface area contributed by atoms with Crippen LogP contribution in [0.5, 0.6) is 0 Å². The summed E-state index contributed by atoms with van der Waals surface area (Å²) in [5.41, 5.74) is 0.996. The van der Waals surface area contributed by atoms with E-state index in [1.807, 2.05) is 11.4 Å². The van der Waals surface area contributed by atoms with Gasteiger partial charge >= 0.3 is 5.97 Å². The lowest BCUT2D eigenvalue weighted by Gasteiger charge is -2.30. The first kappa shape index (κ1) is 17.9. The predicted molar refractivity (Wildman–Crippen MR) is 87.6 cm³/mol. The van der Waals surface area contributed by atoms with Gasteiger partial charge in [-0.2, -0.15) is 0 Å². The standard InChI is InChI=1S/C16H25NO3S/c1-4-14(5-2)17(9-10-20-3)12-15-13(8-11-21-15)6-7-16(18)19/h6-8,11,14H,4-5,9-10,12H2,1-3H3,(H,18,19). The number of thiophene rings is 1. The van der Waals surface area contributed by atoms with E-state index in [1.54, 1.807) is 24.5 Å². The number of carboxylic acid groups (broad SMARTS) is 1. The summed E-state index contributed by atoms with van der Waals surface area (Å²) < 4.78 is 5.21. The number of ether oxygens (including phenoxy) is 1. The fourth-order valence-corrected chi connectivity index (χ4v) is 3.27. The molecule has 1 aromatic rings. The maximum Gasteiger partial charge on any atom is 0.328 e. The second kappa shape index (κ2) is 9.71. The Bertz CT molecular complexity index is 452. The van der Waals surface area contributed by atoms with Crippen molar-refractivity contribution in [2.75, 3.05) is 20.3 Å². The van der Waals surface area contributed by atoms with Crippen LogP contribution < -0.4 is 0 Å². The summed E-state index contributed by atoms with van der Waals surface area (Å²) in [6.07, 6.45) is 5.08.